The molecular formula is C15H11NO3S. The van der Waals surface area contributed by atoms with Gasteiger partial charge in [-0.1, -0.05) is 0 Å². The summed E-state index contributed by atoms with van der Waals surface area (Å²) in [5, 5.41) is 0. The van der Waals surface area contributed by atoms with Crippen molar-refractivity contribution in [3.63, 3.8) is 0 Å². The summed E-state index contributed by atoms with van der Waals surface area (Å²) >= 11 is 0. The molecule has 0 saturated heterocycles. The highest BCUT2D eigenvalue weighted by Crippen LogP contribution is 2.29. The van der Waals surface area contributed by atoms with Crippen molar-refractivity contribution >= 4 is 27.8 Å². The van der Waals surface area contributed by atoms with Crippen molar-refractivity contribution in [1.29, 1.82) is 0 Å². The highest BCUT2D eigenvalue weighted by Gasteiger charge is 2.17. The van der Waals surface area contributed by atoms with Gasteiger partial charge in [-0.25, -0.2) is 9.20 Å². The second-order valence-corrected chi connectivity index (χ2v) is 5.52. The molecule has 2 aromatic rings. The third kappa shape index (κ3) is 2.16. The number of fused-ring (bicyclic) bond motifs is 1. The molecule has 0 amide bonds. The summed E-state index contributed by atoms with van der Waals surface area (Å²) in [4.78, 5) is 17.0. The average molecular weight is 285 g/mol. The van der Waals surface area contributed by atoms with Gasteiger partial charge in [-0.3, -0.25) is 4.79 Å². The van der Waals surface area contributed by atoms with Gasteiger partial charge in [0.05, 0.1) is 34.0 Å². The zero-order chi connectivity index (χ0) is 14.1. The molecule has 0 spiro atoms. The maximum Gasteiger partial charge on any atom is 0.193 e. The number of hydrogen-bond donors (Lipinski definition) is 0. The Labute approximate surface area is 118 Å². The summed E-state index contributed by atoms with van der Waals surface area (Å²) in [6.45, 7) is 0. The van der Waals surface area contributed by atoms with Crippen LogP contribution in [0.3, 0.4) is 0 Å². The predicted molar refractivity (Wildman–Crippen MR) is 77.4 cm³/mol. The lowest BCUT2D eigenvalue weighted by Gasteiger charge is -2.04. The lowest BCUT2D eigenvalue weighted by atomic mass is 10.0. The lowest BCUT2D eigenvalue weighted by Crippen LogP contribution is -2.02. The summed E-state index contributed by atoms with van der Waals surface area (Å²) in [6, 6.07) is 12.0. The summed E-state index contributed by atoms with van der Waals surface area (Å²) in [7, 11) is 0.326. The average Bonchev–Trinajstić information content (AvgIpc) is 2.87. The summed E-state index contributed by atoms with van der Waals surface area (Å²) < 4.78 is 16.8. The smallest absolute Gasteiger partial charge is 0.193 e. The topological polar surface area (TPSA) is 55.7 Å². The number of hydrogen-bond acceptors (Lipinski definition) is 4. The fourth-order valence-corrected chi connectivity index (χ4v) is 2.89. The monoisotopic (exact) mass is 285 g/mol. The van der Waals surface area contributed by atoms with Gasteiger partial charge >= 0.3 is 0 Å². The molecule has 1 aliphatic heterocycles. The van der Waals surface area contributed by atoms with Crippen molar-refractivity contribution in [3.8, 4) is 5.75 Å². The van der Waals surface area contributed by atoms with Gasteiger partial charge in [0.2, 0.25) is 0 Å². The minimum absolute atomic E-state index is 0.112. The van der Waals surface area contributed by atoms with Crippen LogP contribution in [0, 0.1) is 0 Å². The minimum atomic E-state index is -1.25. The van der Waals surface area contributed by atoms with E-state index in [1.807, 2.05) is 0 Å². The Morgan fingerprint density at radius 2 is 1.80 bits per heavy atom. The summed E-state index contributed by atoms with van der Waals surface area (Å²) in [5.74, 6) is 0.587. The molecule has 1 atom stereocenters. The van der Waals surface area contributed by atoms with Crippen LogP contribution in [0.5, 0.6) is 5.75 Å². The van der Waals surface area contributed by atoms with Crippen LogP contribution in [0.1, 0.15) is 15.9 Å². The number of benzene rings is 2. The van der Waals surface area contributed by atoms with Gasteiger partial charge in [-0.15, -0.1) is 0 Å². The van der Waals surface area contributed by atoms with Crippen molar-refractivity contribution in [2.45, 2.75) is 4.90 Å². The number of carbonyl (C=O) groups excluding carboxylic acids is 1. The molecule has 0 N–H and O–H groups in total. The molecule has 4 nitrogen and oxygen atoms in total. The molecule has 1 heterocycles. The molecule has 0 radical (unpaired) electrons. The summed E-state index contributed by atoms with van der Waals surface area (Å²) in [6.07, 6.45) is 0. The van der Waals surface area contributed by atoms with E-state index >= 15 is 0 Å². The van der Waals surface area contributed by atoms with Crippen LogP contribution >= 0.6 is 0 Å². The second kappa shape index (κ2) is 5.02. The van der Waals surface area contributed by atoms with Crippen molar-refractivity contribution in [2.75, 3.05) is 7.11 Å². The second-order valence-electron chi connectivity index (χ2n) is 4.27. The van der Waals surface area contributed by atoms with E-state index in [0.717, 1.165) is 0 Å². The zero-order valence-corrected chi connectivity index (χ0v) is 11.5. The fourth-order valence-electron chi connectivity index (χ4n) is 1.99. The Hall–Kier alpha value is -2.27. The summed E-state index contributed by atoms with van der Waals surface area (Å²) in [5.41, 5.74) is 3.12. The molecule has 0 aromatic heterocycles. The first kappa shape index (κ1) is 12.7. The van der Waals surface area contributed by atoms with Crippen LogP contribution in [-0.2, 0) is 10.8 Å². The number of ether oxygens (including phenoxy) is 1. The fraction of sp³-hybridized carbons (Fsp3) is 0.0667. The van der Waals surface area contributed by atoms with E-state index in [4.69, 9.17) is 4.74 Å². The van der Waals surface area contributed by atoms with E-state index in [2.05, 4.69) is 4.99 Å². The van der Waals surface area contributed by atoms with Gasteiger partial charge < -0.3 is 4.74 Å². The maximum atomic E-state index is 12.4. The van der Waals surface area contributed by atoms with E-state index < -0.39 is 10.8 Å². The third-order valence-corrected chi connectivity index (χ3v) is 4.14. The van der Waals surface area contributed by atoms with E-state index in [-0.39, 0.29) is 5.78 Å². The van der Waals surface area contributed by atoms with Crippen LogP contribution in [0.4, 0.5) is 5.69 Å². The first-order chi connectivity index (χ1) is 9.69. The largest absolute Gasteiger partial charge is 0.497 e. The lowest BCUT2D eigenvalue weighted by molar-refractivity contribution is 0.103. The maximum absolute atomic E-state index is 12.4. The molecule has 1 aliphatic rings. The van der Waals surface area contributed by atoms with Crippen LogP contribution in [0.15, 0.2) is 52.4 Å². The molecule has 1 unspecified atom stereocenters. The molecule has 5 heteroatoms. The minimum Gasteiger partial charge on any atom is -0.497 e. The third-order valence-electron chi connectivity index (χ3n) is 3.08. The van der Waals surface area contributed by atoms with E-state index in [1.165, 1.54) is 5.55 Å². The molecule has 0 fully saturated rings. The molecule has 0 aliphatic carbocycles. The van der Waals surface area contributed by atoms with E-state index in [0.29, 0.717) is 27.5 Å². The SMILES string of the molecule is COc1ccc(C(=O)c2ccc3c(c2)S(=O)C=N3)cc1. The Balaban J connectivity index is 1.95. The Bertz CT molecular complexity index is 735. The van der Waals surface area contributed by atoms with Crippen molar-refractivity contribution in [1.82, 2.24) is 0 Å². The van der Waals surface area contributed by atoms with E-state index in [9.17, 15) is 9.00 Å². The molecular weight excluding hydrogens is 274 g/mol. The van der Waals surface area contributed by atoms with Crippen LogP contribution < -0.4 is 4.74 Å². The van der Waals surface area contributed by atoms with Gasteiger partial charge in [0.15, 0.2) is 5.78 Å². The number of nitrogens with zero attached hydrogens (tertiary/aromatic N) is 1. The first-order valence-electron chi connectivity index (χ1n) is 5.96. The first-order valence-corrected chi connectivity index (χ1v) is 7.18. The van der Waals surface area contributed by atoms with Crippen LogP contribution in [-0.4, -0.2) is 22.6 Å². The molecule has 0 saturated carbocycles. The standard InChI is InChI=1S/C15H11NO3S/c1-19-12-5-2-10(3-6-12)15(17)11-4-7-13-14(8-11)20(18)9-16-13/h2-9H,1H3. The molecule has 3 rings (SSSR count). The van der Waals surface area contributed by atoms with Gasteiger partial charge in [0.1, 0.15) is 5.75 Å². The molecule has 0 bridgehead atoms. The Morgan fingerprint density at radius 1 is 1.10 bits per heavy atom. The van der Waals surface area contributed by atoms with Crippen molar-refractivity contribution in [2.24, 2.45) is 4.99 Å². The molecule has 2 aromatic carbocycles. The highest BCUT2D eigenvalue weighted by molar-refractivity contribution is 7.99. The quantitative estimate of drug-likeness (QED) is 0.815. The Morgan fingerprint density at radius 3 is 2.50 bits per heavy atom. The number of carbonyl (C=O) groups is 1. The zero-order valence-electron chi connectivity index (χ0n) is 10.7. The molecule has 20 heavy (non-hydrogen) atoms. The normalized spacial score (nSPS) is 15.9. The highest BCUT2D eigenvalue weighted by atomic mass is 32.2. The van der Waals surface area contributed by atoms with Crippen molar-refractivity contribution < 1.29 is 13.7 Å². The van der Waals surface area contributed by atoms with Crippen molar-refractivity contribution in [3.05, 3.63) is 53.6 Å². The number of aliphatic imine (C=N–C) groups is 1. The van der Waals surface area contributed by atoms with E-state index in [1.54, 1.807) is 49.6 Å². The molecule has 100 valence electrons. The van der Waals surface area contributed by atoms with Crippen LogP contribution in [0.25, 0.3) is 0 Å². The van der Waals surface area contributed by atoms with Gasteiger partial charge in [-0.2, -0.15) is 0 Å². The van der Waals surface area contributed by atoms with Gasteiger partial charge in [-0.05, 0) is 42.5 Å². The number of rotatable bonds is 3. The van der Waals surface area contributed by atoms with Crippen LogP contribution in [0.2, 0.25) is 0 Å². The predicted octanol–water partition coefficient (Wildman–Crippen LogP) is 2.71. The number of methoxy groups -OCH3 is 1. The van der Waals surface area contributed by atoms with Gasteiger partial charge in [0.25, 0.3) is 0 Å². The van der Waals surface area contributed by atoms with Gasteiger partial charge in [0, 0.05) is 11.1 Å². The Kier molecular flexibility index (Phi) is 3.20. The number of ketones is 1.